The largest absolute Gasteiger partial charge is 0.378 e. The summed E-state index contributed by atoms with van der Waals surface area (Å²) in [6.45, 7) is 13.5. The minimum atomic E-state index is -0.866. The second-order valence-electron chi connectivity index (χ2n) is 12.1. The van der Waals surface area contributed by atoms with Crippen molar-refractivity contribution in [3.63, 3.8) is 0 Å². The Labute approximate surface area is 276 Å². The van der Waals surface area contributed by atoms with E-state index in [4.69, 9.17) is 4.74 Å². The van der Waals surface area contributed by atoms with Crippen molar-refractivity contribution >= 4 is 35.0 Å². The summed E-state index contributed by atoms with van der Waals surface area (Å²) < 4.78 is 5.49. The van der Waals surface area contributed by atoms with Crippen LogP contribution in [0.1, 0.15) is 59.4 Å². The summed E-state index contributed by atoms with van der Waals surface area (Å²) in [5.41, 5.74) is 7.44. The SMILES string of the molecule is Cc1ccc(CN(C(=O)CSc2nc(C)cc(C)n2)C(C(=O)Nc2ccc(N3CCOCC3)cc2)c2ccc(C(C)C)cc2)cc1. The van der Waals surface area contributed by atoms with Gasteiger partial charge in [-0.15, -0.1) is 0 Å². The van der Waals surface area contributed by atoms with Crippen molar-refractivity contribution in [2.45, 2.75) is 58.3 Å². The predicted octanol–water partition coefficient (Wildman–Crippen LogP) is 6.86. The summed E-state index contributed by atoms with van der Waals surface area (Å²) in [6, 6.07) is 25.0. The third-order valence-corrected chi connectivity index (χ3v) is 8.90. The van der Waals surface area contributed by atoms with E-state index < -0.39 is 6.04 Å². The fraction of sp³-hybridized carbons (Fsp3) is 0.351. The summed E-state index contributed by atoms with van der Waals surface area (Å²) in [4.78, 5) is 41.5. The number of anilines is 2. The van der Waals surface area contributed by atoms with Crippen LogP contribution < -0.4 is 10.2 Å². The molecule has 0 bridgehead atoms. The van der Waals surface area contributed by atoms with Crippen LogP contribution in [0.3, 0.4) is 0 Å². The van der Waals surface area contributed by atoms with Gasteiger partial charge in [0.1, 0.15) is 6.04 Å². The summed E-state index contributed by atoms with van der Waals surface area (Å²) in [6.07, 6.45) is 0. The van der Waals surface area contributed by atoms with Gasteiger partial charge in [0.2, 0.25) is 5.91 Å². The Hall–Kier alpha value is -4.21. The Morgan fingerprint density at radius 3 is 2.09 bits per heavy atom. The second-order valence-corrected chi connectivity index (χ2v) is 13.0. The molecule has 1 unspecified atom stereocenters. The van der Waals surface area contributed by atoms with Crippen LogP contribution in [0.2, 0.25) is 0 Å². The number of hydrogen-bond donors (Lipinski definition) is 1. The molecule has 0 saturated carbocycles. The van der Waals surface area contributed by atoms with Crippen molar-refractivity contribution in [2.24, 2.45) is 0 Å². The summed E-state index contributed by atoms with van der Waals surface area (Å²) in [7, 11) is 0. The molecule has 1 atom stereocenters. The normalized spacial score (nSPS) is 13.8. The van der Waals surface area contributed by atoms with E-state index in [9.17, 15) is 9.59 Å². The van der Waals surface area contributed by atoms with Gasteiger partial charge in [-0.25, -0.2) is 9.97 Å². The lowest BCUT2D eigenvalue weighted by Gasteiger charge is -2.32. The number of hydrogen-bond acceptors (Lipinski definition) is 7. The van der Waals surface area contributed by atoms with Crippen LogP contribution in [0, 0.1) is 20.8 Å². The second kappa shape index (κ2) is 15.4. The molecule has 1 aromatic heterocycles. The molecule has 3 aromatic carbocycles. The Kier molecular flexibility index (Phi) is 11.1. The minimum Gasteiger partial charge on any atom is -0.378 e. The number of rotatable bonds is 11. The number of morpholine rings is 1. The van der Waals surface area contributed by atoms with E-state index in [0.29, 0.717) is 30.0 Å². The molecule has 8 nitrogen and oxygen atoms in total. The van der Waals surface area contributed by atoms with Gasteiger partial charge in [-0.1, -0.05) is 79.7 Å². The van der Waals surface area contributed by atoms with Gasteiger partial charge in [0.15, 0.2) is 5.16 Å². The summed E-state index contributed by atoms with van der Waals surface area (Å²) in [5, 5.41) is 3.66. The number of nitrogens with zero attached hydrogens (tertiary/aromatic N) is 4. The molecule has 0 radical (unpaired) electrons. The number of nitrogens with one attached hydrogen (secondary N) is 1. The molecule has 2 heterocycles. The molecular formula is C37H43N5O3S. The van der Waals surface area contributed by atoms with Crippen molar-refractivity contribution in [3.8, 4) is 0 Å². The number of ether oxygens (including phenoxy) is 1. The molecule has 2 amide bonds. The smallest absolute Gasteiger partial charge is 0.251 e. The summed E-state index contributed by atoms with van der Waals surface area (Å²) >= 11 is 1.29. The van der Waals surface area contributed by atoms with Crippen LogP contribution in [0.25, 0.3) is 0 Å². The standard InChI is InChI=1S/C37H43N5O3S/c1-25(2)30-10-12-31(13-11-30)35(36(44)40-32-14-16-33(17-15-32)41-18-20-45-21-19-41)42(23-29-8-6-26(3)7-9-29)34(43)24-46-37-38-27(4)22-28(5)39-37/h6-17,22,25,35H,18-21,23-24H2,1-5H3,(H,40,44). The number of carbonyl (C=O) groups is 2. The maximum Gasteiger partial charge on any atom is 0.251 e. The quantitative estimate of drug-likeness (QED) is 0.142. The van der Waals surface area contributed by atoms with E-state index in [2.05, 4.69) is 34.0 Å². The van der Waals surface area contributed by atoms with Gasteiger partial charge >= 0.3 is 0 Å². The maximum absolute atomic E-state index is 14.3. The van der Waals surface area contributed by atoms with E-state index in [1.165, 1.54) is 17.3 Å². The highest BCUT2D eigenvalue weighted by molar-refractivity contribution is 7.99. The van der Waals surface area contributed by atoms with Crippen molar-refractivity contribution in [3.05, 3.63) is 113 Å². The highest BCUT2D eigenvalue weighted by Gasteiger charge is 2.32. The summed E-state index contributed by atoms with van der Waals surface area (Å²) in [5.74, 6) is -0.0176. The Balaban J connectivity index is 1.46. The van der Waals surface area contributed by atoms with Crippen LogP contribution in [0.15, 0.2) is 84.0 Å². The molecule has 1 aliphatic heterocycles. The van der Waals surface area contributed by atoms with Crippen LogP contribution in [0.4, 0.5) is 11.4 Å². The average Bonchev–Trinajstić information content (AvgIpc) is 3.05. The first-order valence-corrected chi connectivity index (χ1v) is 16.8. The van der Waals surface area contributed by atoms with E-state index >= 15 is 0 Å². The van der Waals surface area contributed by atoms with Crippen LogP contribution in [-0.4, -0.2) is 58.7 Å². The number of thioether (sulfide) groups is 1. The molecule has 1 aliphatic rings. The van der Waals surface area contributed by atoms with Gasteiger partial charge in [-0.3, -0.25) is 9.59 Å². The third kappa shape index (κ3) is 8.73. The highest BCUT2D eigenvalue weighted by Crippen LogP contribution is 2.29. The zero-order valence-corrected chi connectivity index (χ0v) is 28.1. The van der Waals surface area contributed by atoms with Crippen LogP contribution in [0.5, 0.6) is 0 Å². The minimum absolute atomic E-state index is 0.0941. The molecule has 1 fully saturated rings. The molecule has 1 saturated heterocycles. The first-order valence-electron chi connectivity index (χ1n) is 15.8. The third-order valence-electron chi connectivity index (χ3n) is 8.07. The molecule has 46 heavy (non-hydrogen) atoms. The van der Waals surface area contributed by atoms with Gasteiger partial charge in [0.25, 0.3) is 5.91 Å². The first kappa shape index (κ1) is 33.2. The zero-order valence-electron chi connectivity index (χ0n) is 27.3. The molecule has 9 heteroatoms. The average molecular weight is 638 g/mol. The van der Waals surface area contributed by atoms with E-state index in [1.54, 1.807) is 4.90 Å². The lowest BCUT2D eigenvalue weighted by atomic mass is 9.97. The monoisotopic (exact) mass is 637 g/mol. The van der Waals surface area contributed by atoms with E-state index in [-0.39, 0.29) is 24.1 Å². The Morgan fingerprint density at radius 2 is 1.48 bits per heavy atom. The fourth-order valence-corrected chi connectivity index (χ4v) is 6.34. The molecule has 0 aliphatic carbocycles. The van der Waals surface area contributed by atoms with Gasteiger partial charge in [0, 0.05) is 42.4 Å². The number of aryl methyl sites for hydroxylation is 3. The zero-order chi connectivity index (χ0) is 32.6. The number of carbonyl (C=O) groups excluding carboxylic acids is 2. The van der Waals surface area contributed by atoms with Gasteiger partial charge in [0.05, 0.1) is 19.0 Å². The predicted molar refractivity (Wildman–Crippen MR) is 185 cm³/mol. The molecule has 5 rings (SSSR count). The Bertz CT molecular complexity index is 1600. The number of amides is 2. The van der Waals surface area contributed by atoms with Gasteiger partial charge < -0.3 is 19.9 Å². The van der Waals surface area contributed by atoms with Crippen LogP contribution in [-0.2, 0) is 20.9 Å². The van der Waals surface area contributed by atoms with Gasteiger partial charge in [-0.2, -0.15) is 0 Å². The highest BCUT2D eigenvalue weighted by atomic mass is 32.2. The van der Waals surface area contributed by atoms with Crippen molar-refractivity contribution in [1.82, 2.24) is 14.9 Å². The lowest BCUT2D eigenvalue weighted by Crippen LogP contribution is -2.42. The molecule has 4 aromatic rings. The number of benzene rings is 3. The molecule has 1 N–H and O–H groups in total. The van der Waals surface area contributed by atoms with E-state index in [1.807, 2.05) is 99.6 Å². The maximum atomic E-state index is 14.3. The first-order chi connectivity index (χ1) is 22.2. The lowest BCUT2D eigenvalue weighted by molar-refractivity contribution is -0.137. The molecule has 0 spiro atoms. The number of aromatic nitrogens is 2. The topological polar surface area (TPSA) is 87.7 Å². The van der Waals surface area contributed by atoms with E-state index in [0.717, 1.165) is 46.9 Å². The van der Waals surface area contributed by atoms with Crippen molar-refractivity contribution in [1.29, 1.82) is 0 Å². The van der Waals surface area contributed by atoms with Crippen LogP contribution >= 0.6 is 11.8 Å². The molecular weight excluding hydrogens is 595 g/mol. The Morgan fingerprint density at radius 1 is 0.870 bits per heavy atom. The van der Waals surface area contributed by atoms with Crippen molar-refractivity contribution in [2.75, 3.05) is 42.3 Å². The van der Waals surface area contributed by atoms with Gasteiger partial charge in [-0.05, 0) is 73.7 Å². The molecule has 240 valence electrons. The van der Waals surface area contributed by atoms with Crippen molar-refractivity contribution < 1.29 is 14.3 Å². The fourth-order valence-electron chi connectivity index (χ4n) is 5.50.